The van der Waals surface area contributed by atoms with Gasteiger partial charge in [0.15, 0.2) is 0 Å². The molecule has 51 heavy (non-hydrogen) atoms. The number of ether oxygens (including phenoxy) is 1. The number of rotatable bonds is 14. The quantitative estimate of drug-likeness (QED) is 0.129. The van der Waals surface area contributed by atoms with Crippen molar-refractivity contribution in [3.8, 4) is 0 Å². The van der Waals surface area contributed by atoms with Crippen LogP contribution in [0.5, 0.6) is 0 Å². The molecule has 1 aromatic heterocycles. The zero-order chi connectivity index (χ0) is 37.7. The Labute approximate surface area is 308 Å². The van der Waals surface area contributed by atoms with Crippen molar-refractivity contribution in [1.82, 2.24) is 10.2 Å². The molecule has 0 bridgehead atoms. The van der Waals surface area contributed by atoms with Crippen LogP contribution >= 0.6 is 34.9 Å². The third kappa shape index (κ3) is 9.05. The summed E-state index contributed by atoms with van der Waals surface area (Å²) >= 11 is 4.45. The molecule has 11 nitrogen and oxygen atoms in total. The smallest absolute Gasteiger partial charge is 0.404 e. The van der Waals surface area contributed by atoms with Crippen LogP contribution in [0.25, 0.3) is 10.1 Å². The molecule has 0 radical (unpaired) electrons. The van der Waals surface area contributed by atoms with Crippen LogP contribution in [0.3, 0.4) is 0 Å². The molecule has 2 atom stereocenters. The van der Waals surface area contributed by atoms with Crippen molar-refractivity contribution < 1.29 is 46.3 Å². The second-order valence-electron chi connectivity index (χ2n) is 13.0. The molecule has 1 aliphatic rings. The van der Waals surface area contributed by atoms with Crippen molar-refractivity contribution in [1.29, 1.82) is 0 Å². The standard InChI is InChI=1S/C35H43BrF2N3O8PS/c1-7-48-50(46,49-8-2)35(37,38)23-11-16-27-22(20-23)21-28(51-27)31(43)39-30(34(3,4)5)33(45)41-18-9-10-26(41)32(44)40(19-17-29(42)47-6)25-14-12-24(36)13-15-25/h11-16,20-21,26,30H,7-10,17-19H2,1-6H3,(H,39,43)/t26-,30+/m0/s1. The van der Waals surface area contributed by atoms with Gasteiger partial charge in [-0.25, -0.2) is 0 Å². The lowest BCUT2D eigenvalue weighted by Crippen LogP contribution is -2.58. The number of halogens is 3. The third-order valence-electron chi connectivity index (χ3n) is 8.41. The molecular weight excluding hydrogens is 771 g/mol. The number of nitrogens with one attached hydrogen (secondary N) is 1. The van der Waals surface area contributed by atoms with Gasteiger partial charge in [-0.3, -0.25) is 23.7 Å². The molecule has 3 amide bonds. The summed E-state index contributed by atoms with van der Waals surface area (Å²) in [4.78, 5) is 57.2. The van der Waals surface area contributed by atoms with Crippen molar-refractivity contribution >= 4 is 74.3 Å². The van der Waals surface area contributed by atoms with E-state index in [0.717, 1.165) is 27.9 Å². The Morgan fingerprint density at radius 3 is 2.29 bits per heavy atom. The molecule has 16 heteroatoms. The monoisotopic (exact) mass is 813 g/mol. The second kappa shape index (κ2) is 16.6. The van der Waals surface area contributed by atoms with Crippen LogP contribution in [0, 0.1) is 5.41 Å². The number of alkyl halides is 2. The molecule has 2 heterocycles. The van der Waals surface area contributed by atoms with E-state index in [1.54, 1.807) is 45.0 Å². The Morgan fingerprint density at radius 2 is 1.71 bits per heavy atom. The molecule has 1 aliphatic heterocycles. The molecule has 0 aliphatic carbocycles. The van der Waals surface area contributed by atoms with Crippen LogP contribution in [0.15, 0.2) is 53.0 Å². The maximum absolute atomic E-state index is 15.5. The summed E-state index contributed by atoms with van der Waals surface area (Å²) in [5.41, 5.74) is -4.76. The summed E-state index contributed by atoms with van der Waals surface area (Å²) in [7, 11) is -3.57. The summed E-state index contributed by atoms with van der Waals surface area (Å²) in [6.07, 6.45) is 0.899. The fourth-order valence-corrected chi connectivity index (χ4v) is 8.56. The summed E-state index contributed by atoms with van der Waals surface area (Å²) in [6.45, 7) is 8.12. The Hall–Kier alpha value is -3.23. The van der Waals surface area contributed by atoms with Gasteiger partial charge in [-0.2, -0.15) is 8.78 Å². The van der Waals surface area contributed by atoms with E-state index < -0.39 is 54.1 Å². The average Bonchev–Trinajstić information content (AvgIpc) is 3.75. The minimum absolute atomic E-state index is 0.0412. The molecular formula is C35H43BrF2N3O8PS. The number of esters is 1. The fourth-order valence-electron chi connectivity index (χ4n) is 5.82. The number of methoxy groups -OCH3 is 1. The summed E-state index contributed by atoms with van der Waals surface area (Å²) in [5, 5.41) is 3.15. The van der Waals surface area contributed by atoms with Crippen molar-refractivity contribution in [2.24, 2.45) is 5.41 Å². The van der Waals surface area contributed by atoms with E-state index in [9.17, 15) is 23.7 Å². The first kappa shape index (κ1) is 40.5. The van der Waals surface area contributed by atoms with E-state index in [1.807, 2.05) is 0 Å². The summed E-state index contributed by atoms with van der Waals surface area (Å²) < 4.78 is 59.9. The van der Waals surface area contributed by atoms with E-state index in [1.165, 1.54) is 42.9 Å². The molecule has 278 valence electrons. The largest absolute Gasteiger partial charge is 0.469 e. The molecule has 1 fully saturated rings. The van der Waals surface area contributed by atoms with Gasteiger partial charge in [0.2, 0.25) is 11.8 Å². The zero-order valence-electron chi connectivity index (χ0n) is 29.4. The van der Waals surface area contributed by atoms with Crippen LogP contribution in [0.1, 0.15) is 69.1 Å². The van der Waals surface area contributed by atoms with Gasteiger partial charge in [0.25, 0.3) is 5.91 Å². The molecule has 2 aromatic carbocycles. The predicted octanol–water partition coefficient (Wildman–Crippen LogP) is 7.71. The van der Waals surface area contributed by atoms with E-state index in [0.29, 0.717) is 28.6 Å². The van der Waals surface area contributed by atoms with Crippen LogP contribution in [-0.4, -0.2) is 74.1 Å². The fraction of sp³-hybridized carbons (Fsp3) is 0.486. The number of hydrogen-bond donors (Lipinski definition) is 1. The lowest BCUT2D eigenvalue weighted by Gasteiger charge is -2.36. The van der Waals surface area contributed by atoms with Gasteiger partial charge in [-0.15, -0.1) is 11.3 Å². The Balaban J connectivity index is 1.59. The zero-order valence-corrected chi connectivity index (χ0v) is 32.7. The number of anilines is 1. The van der Waals surface area contributed by atoms with Crippen LogP contribution in [-0.2, 0) is 38.4 Å². The molecule has 0 saturated carbocycles. The lowest BCUT2D eigenvalue weighted by atomic mass is 9.85. The highest BCUT2D eigenvalue weighted by atomic mass is 79.9. The number of carbonyl (C=O) groups excluding carboxylic acids is 4. The van der Waals surface area contributed by atoms with Crippen molar-refractivity contribution in [2.45, 2.75) is 71.6 Å². The van der Waals surface area contributed by atoms with Crippen molar-refractivity contribution in [3.63, 3.8) is 0 Å². The van der Waals surface area contributed by atoms with E-state index >= 15 is 8.78 Å². The van der Waals surface area contributed by atoms with Gasteiger partial charge in [0, 0.05) is 33.5 Å². The number of thiophene rings is 1. The van der Waals surface area contributed by atoms with E-state index in [4.69, 9.17) is 13.8 Å². The van der Waals surface area contributed by atoms with Gasteiger partial charge in [0.1, 0.15) is 12.1 Å². The molecule has 4 rings (SSSR count). The maximum atomic E-state index is 15.5. The second-order valence-corrected chi connectivity index (χ2v) is 17.1. The summed E-state index contributed by atoms with van der Waals surface area (Å²) in [5.74, 6) is -1.88. The van der Waals surface area contributed by atoms with Gasteiger partial charge < -0.3 is 28.9 Å². The van der Waals surface area contributed by atoms with Gasteiger partial charge >= 0.3 is 19.2 Å². The molecule has 1 saturated heterocycles. The topological polar surface area (TPSA) is 132 Å². The SMILES string of the molecule is CCOP(=O)(OCC)C(F)(F)c1ccc2sc(C(=O)N[C@H](C(=O)N3CCC[C@H]3C(=O)N(CCC(=O)OC)c3ccc(Br)cc3)C(C)(C)C)cc2c1. The first-order chi connectivity index (χ1) is 24.0. The number of likely N-dealkylation sites (tertiary alicyclic amines) is 1. The Morgan fingerprint density at radius 1 is 1.06 bits per heavy atom. The van der Waals surface area contributed by atoms with Crippen LogP contribution in [0.2, 0.25) is 0 Å². The molecule has 0 unspecified atom stereocenters. The Bertz CT molecular complexity index is 1790. The minimum Gasteiger partial charge on any atom is -0.469 e. The highest BCUT2D eigenvalue weighted by molar-refractivity contribution is 9.10. The normalized spacial score (nSPS) is 15.9. The Kier molecular flexibility index (Phi) is 13.2. The van der Waals surface area contributed by atoms with Crippen LogP contribution in [0.4, 0.5) is 14.5 Å². The minimum atomic E-state index is -4.84. The van der Waals surface area contributed by atoms with E-state index in [2.05, 4.69) is 21.2 Å². The lowest BCUT2D eigenvalue weighted by molar-refractivity contribution is -0.142. The molecule has 1 N–H and O–H groups in total. The summed E-state index contributed by atoms with van der Waals surface area (Å²) in [6, 6.07) is 10.3. The molecule has 0 spiro atoms. The third-order valence-corrected chi connectivity index (χ3v) is 12.2. The van der Waals surface area contributed by atoms with Crippen molar-refractivity contribution in [2.75, 3.05) is 38.3 Å². The van der Waals surface area contributed by atoms with E-state index in [-0.39, 0.29) is 43.5 Å². The number of hydrogen-bond acceptors (Lipinski definition) is 9. The van der Waals surface area contributed by atoms with Crippen molar-refractivity contribution in [3.05, 3.63) is 63.4 Å². The number of benzene rings is 2. The average molecular weight is 815 g/mol. The van der Waals surface area contributed by atoms with Gasteiger partial charge in [0.05, 0.1) is 31.6 Å². The number of nitrogens with zero attached hydrogens (tertiary/aromatic N) is 2. The predicted molar refractivity (Wildman–Crippen MR) is 195 cm³/mol. The maximum Gasteiger partial charge on any atom is 0.404 e. The first-order valence-corrected chi connectivity index (χ1v) is 19.7. The number of fused-ring (bicyclic) bond motifs is 1. The first-order valence-electron chi connectivity index (χ1n) is 16.5. The number of amides is 3. The van der Waals surface area contributed by atoms with Gasteiger partial charge in [-0.05, 0) is 80.0 Å². The molecule has 3 aromatic rings. The van der Waals surface area contributed by atoms with Gasteiger partial charge in [-0.1, -0.05) is 42.8 Å². The number of carbonyl (C=O) groups is 4. The van der Waals surface area contributed by atoms with Crippen LogP contribution < -0.4 is 10.2 Å². The highest BCUT2D eigenvalue weighted by Crippen LogP contribution is 2.67. The highest BCUT2D eigenvalue weighted by Gasteiger charge is 2.55.